The van der Waals surface area contributed by atoms with Gasteiger partial charge in [0.05, 0.1) is 26.7 Å². The van der Waals surface area contributed by atoms with Crippen LogP contribution < -0.4 is 14.8 Å². The molecule has 1 N–H and O–H groups in total. The Morgan fingerprint density at radius 1 is 1.04 bits per heavy atom. The number of nitrogens with zero attached hydrogens (tertiary/aromatic N) is 1. The number of methoxy groups -OCH3 is 2. The van der Waals surface area contributed by atoms with Crippen molar-refractivity contribution in [2.45, 2.75) is 25.3 Å². The van der Waals surface area contributed by atoms with Crippen molar-refractivity contribution in [3.63, 3.8) is 0 Å². The molecule has 0 spiro atoms. The highest BCUT2D eigenvalue weighted by molar-refractivity contribution is 5.78. The molecule has 0 bridgehead atoms. The molecule has 2 aromatic carbocycles. The molecule has 144 valence electrons. The molecule has 0 aromatic heterocycles. The number of carbonyl (C=O) groups excluding carboxylic acids is 1. The Hall–Kier alpha value is -2.53. The summed E-state index contributed by atoms with van der Waals surface area (Å²) in [5.74, 6) is 1.70. The second-order valence-electron chi connectivity index (χ2n) is 6.83. The zero-order valence-electron chi connectivity index (χ0n) is 16.1. The molecule has 1 saturated heterocycles. The molecule has 1 unspecified atom stereocenters. The van der Waals surface area contributed by atoms with Gasteiger partial charge in [-0.15, -0.1) is 0 Å². The van der Waals surface area contributed by atoms with E-state index in [2.05, 4.69) is 16.3 Å². The summed E-state index contributed by atoms with van der Waals surface area (Å²) in [4.78, 5) is 14.9. The highest BCUT2D eigenvalue weighted by Crippen LogP contribution is 2.31. The van der Waals surface area contributed by atoms with E-state index in [-0.39, 0.29) is 11.9 Å². The van der Waals surface area contributed by atoms with Gasteiger partial charge in [-0.3, -0.25) is 9.69 Å². The first-order valence-corrected chi connectivity index (χ1v) is 9.48. The number of likely N-dealkylation sites (tertiary alicyclic amines) is 1. The van der Waals surface area contributed by atoms with Crippen LogP contribution >= 0.6 is 0 Å². The third-order valence-corrected chi connectivity index (χ3v) is 5.10. The summed E-state index contributed by atoms with van der Waals surface area (Å²) in [6.07, 6.45) is 2.76. The molecule has 2 aromatic rings. The summed E-state index contributed by atoms with van der Waals surface area (Å²) >= 11 is 0. The predicted molar refractivity (Wildman–Crippen MR) is 106 cm³/mol. The maximum absolute atomic E-state index is 12.5. The predicted octanol–water partition coefficient (Wildman–Crippen LogP) is 3.20. The molecule has 3 rings (SSSR count). The maximum atomic E-state index is 12.5. The molecule has 1 aliphatic heterocycles. The van der Waals surface area contributed by atoms with Crippen LogP contribution in [0.25, 0.3) is 0 Å². The molecule has 27 heavy (non-hydrogen) atoms. The van der Waals surface area contributed by atoms with Crippen LogP contribution in [0.3, 0.4) is 0 Å². The molecule has 1 atom stereocenters. The van der Waals surface area contributed by atoms with Crippen molar-refractivity contribution in [3.8, 4) is 11.5 Å². The van der Waals surface area contributed by atoms with Gasteiger partial charge in [-0.2, -0.15) is 0 Å². The normalized spacial score (nSPS) is 15.3. The van der Waals surface area contributed by atoms with Gasteiger partial charge in [-0.05, 0) is 49.7 Å². The molecule has 1 amide bonds. The van der Waals surface area contributed by atoms with Gasteiger partial charge >= 0.3 is 0 Å². The number of rotatable bonds is 8. The van der Waals surface area contributed by atoms with Crippen molar-refractivity contribution in [1.29, 1.82) is 0 Å². The van der Waals surface area contributed by atoms with Gasteiger partial charge < -0.3 is 14.8 Å². The van der Waals surface area contributed by atoms with E-state index < -0.39 is 0 Å². The lowest BCUT2D eigenvalue weighted by Gasteiger charge is -2.29. The van der Waals surface area contributed by atoms with Crippen LogP contribution in [-0.2, 0) is 11.2 Å². The van der Waals surface area contributed by atoms with Crippen LogP contribution in [0.2, 0.25) is 0 Å². The monoisotopic (exact) mass is 368 g/mol. The van der Waals surface area contributed by atoms with Crippen LogP contribution in [0.15, 0.2) is 48.5 Å². The minimum atomic E-state index is 0.0271. The lowest BCUT2D eigenvalue weighted by atomic mass is 10.0. The number of ether oxygens (including phenoxy) is 2. The van der Waals surface area contributed by atoms with E-state index in [0.717, 1.165) is 35.7 Å². The van der Waals surface area contributed by atoms with Crippen molar-refractivity contribution >= 4 is 5.91 Å². The average molecular weight is 368 g/mol. The Morgan fingerprint density at radius 2 is 1.74 bits per heavy atom. The molecule has 1 fully saturated rings. The molecule has 5 heteroatoms. The fourth-order valence-corrected chi connectivity index (χ4v) is 3.63. The minimum Gasteiger partial charge on any atom is -0.497 e. The Labute approximate surface area is 161 Å². The lowest BCUT2D eigenvalue weighted by Crippen LogP contribution is -2.37. The maximum Gasteiger partial charge on any atom is 0.224 e. The van der Waals surface area contributed by atoms with E-state index in [1.54, 1.807) is 14.2 Å². The molecule has 0 aliphatic carbocycles. The minimum absolute atomic E-state index is 0.0271. The van der Waals surface area contributed by atoms with Crippen LogP contribution in [-0.4, -0.2) is 44.7 Å². The van der Waals surface area contributed by atoms with Crippen molar-refractivity contribution in [1.82, 2.24) is 10.2 Å². The smallest absolute Gasteiger partial charge is 0.224 e. The van der Waals surface area contributed by atoms with Gasteiger partial charge in [0.1, 0.15) is 11.5 Å². The number of para-hydroxylation sites is 1. The first kappa shape index (κ1) is 19.2. The number of hydrogen-bond donors (Lipinski definition) is 1. The number of benzene rings is 2. The second-order valence-corrected chi connectivity index (χ2v) is 6.83. The lowest BCUT2D eigenvalue weighted by molar-refractivity contribution is -0.120. The average Bonchev–Trinajstić information content (AvgIpc) is 3.23. The second kappa shape index (κ2) is 9.42. The van der Waals surface area contributed by atoms with E-state index in [1.807, 2.05) is 42.5 Å². The Morgan fingerprint density at radius 3 is 2.41 bits per heavy atom. The van der Waals surface area contributed by atoms with Gasteiger partial charge in [0.15, 0.2) is 0 Å². The van der Waals surface area contributed by atoms with Gasteiger partial charge in [0.25, 0.3) is 0 Å². The van der Waals surface area contributed by atoms with Crippen molar-refractivity contribution in [2.75, 3.05) is 33.9 Å². The Bertz CT molecular complexity index is 739. The zero-order chi connectivity index (χ0) is 19.1. The number of nitrogens with one attached hydrogen (secondary N) is 1. The molecule has 0 saturated carbocycles. The number of amides is 1. The third kappa shape index (κ3) is 5.01. The van der Waals surface area contributed by atoms with Crippen LogP contribution in [0, 0.1) is 0 Å². The summed E-state index contributed by atoms with van der Waals surface area (Å²) in [6.45, 7) is 2.68. The summed E-state index contributed by atoms with van der Waals surface area (Å²) in [6, 6.07) is 15.8. The van der Waals surface area contributed by atoms with Crippen molar-refractivity contribution < 1.29 is 14.3 Å². The molecule has 0 radical (unpaired) electrons. The Kier molecular flexibility index (Phi) is 6.71. The Balaban J connectivity index is 1.66. The first-order chi connectivity index (χ1) is 13.2. The third-order valence-electron chi connectivity index (χ3n) is 5.10. The van der Waals surface area contributed by atoms with E-state index in [4.69, 9.17) is 9.47 Å². The van der Waals surface area contributed by atoms with Crippen LogP contribution in [0.4, 0.5) is 0 Å². The molecule has 1 heterocycles. The number of carbonyl (C=O) groups is 1. The first-order valence-electron chi connectivity index (χ1n) is 9.48. The summed E-state index contributed by atoms with van der Waals surface area (Å²) in [7, 11) is 3.33. The summed E-state index contributed by atoms with van der Waals surface area (Å²) in [5.41, 5.74) is 2.11. The van der Waals surface area contributed by atoms with Gasteiger partial charge in [0.2, 0.25) is 5.91 Å². The van der Waals surface area contributed by atoms with Crippen LogP contribution in [0.5, 0.6) is 11.5 Å². The van der Waals surface area contributed by atoms with E-state index in [0.29, 0.717) is 13.0 Å². The van der Waals surface area contributed by atoms with Gasteiger partial charge in [-0.1, -0.05) is 30.3 Å². The summed E-state index contributed by atoms with van der Waals surface area (Å²) in [5, 5.41) is 3.12. The SMILES string of the molecule is COc1ccc(CC(=O)NCC(c2ccccc2OC)N2CCCC2)cc1. The van der Waals surface area contributed by atoms with Crippen LogP contribution in [0.1, 0.15) is 30.0 Å². The van der Waals surface area contributed by atoms with Crippen molar-refractivity contribution in [3.05, 3.63) is 59.7 Å². The van der Waals surface area contributed by atoms with Crippen molar-refractivity contribution in [2.24, 2.45) is 0 Å². The summed E-state index contributed by atoms with van der Waals surface area (Å²) < 4.78 is 10.7. The van der Waals surface area contributed by atoms with Gasteiger partial charge in [-0.25, -0.2) is 0 Å². The fourth-order valence-electron chi connectivity index (χ4n) is 3.63. The quantitative estimate of drug-likeness (QED) is 0.777. The fraction of sp³-hybridized carbons (Fsp3) is 0.409. The molecular formula is C22H28N2O3. The van der Waals surface area contributed by atoms with E-state index in [9.17, 15) is 4.79 Å². The van der Waals surface area contributed by atoms with Gasteiger partial charge in [0, 0.05) is 12.1 Å². The molecular weight excluding hydrogens is 340 g/mol. The molecule has 1 aliphatic rings. The molecule has 5 nitrogen and oxygen atoms in total. The zero-order valence-corrected chi connectivity index (χ0v) is 16.1. The largest absolute Gasteiger partial charge is 0.497 e. The highest BCUT2D eigenvalue weighted by Gasteiger charge is 2.26. The highest BCUT2D eigenvalue weighted by atomic mass is 16.5. The standard InChI is InChI=1S/C22H28N2O3/c1-26-18-11-9-17(10-12-18)15-22(25)23-16-20(24-13-5-6-14-24)19-7-3-4-8-21(19)27-2/h3-4,7-12,20H,5-6,13-16H2,1-2H3,(H,23,25). The van der Waals surface area contributed by atoms with E-state index in [1.165, 1.54) is 12.8 Å². The van der Waals surface area contributed by atoms with E-state index >= 15 is 0 Å². The number of hydrogen-bond acceptors (Lipinski definition) is 4. The topological polar surface area (TPSA) is 50.8 Å².